The van der Waals surface area contributed by atoms with Crippen LogP contribution in [0.3, 0.4) is 0 Å². The van der Waals surface area contributed by atoms with Gasteiger partial charge in [0, 0.05) is 35.1 Å². The molecular weight excluding hydrogens is 324 g/mol. The van der Waals surface area contributed by atoms with E-state index in [0.717, 1.165) is 17.6 Å². The number of carbonyl (C=O) groups is 1. The first-order valence-corrected chi connectivity index (χ1v) is 7.61. The van der Waals surface area contributed by atoms with E-state index in [0.29, 0.717) is 5.56 Å². The van der Waals surface area contributed by atoms with Crippen molar-refractivity contribution in [2.45, 2.75) is 13.1 Å². The molecule has 5 heteroatoms. The van der Waals surface area contributed by atoms with E-state index in [4.69, 9.17) is 0 Å². The van der Waals surface area contributed by atoms with E-state index in [1.54, 1.807) is 18.4 Å². The van der Waals surface area contributed by atoms with E-state index < -0.39 is 0 Å². The zero-order chi connectivity index (χ0) is 13.7. The van der Waals surface area contributed by atoms with E-state index in [1.165, 1.54) is 10.4 Å². The van der Waals surface area contributed by atoms with Gasteiger partial charge < -0.3 is 10.6 Å². The van der Waals surface area contributed by atoms with Crippen LogP contribution in [0.4, 0.5) is 0 Å². The summed E-state index contributed by atoms with van der Waals surface area (Å²) < 4.78 is 1.15. The van der Waals surface area contributed by atoms with Crippen LogP contribution in [0, 0.1) is 0 Å². The van der Waals surface area contributed by atoms with Gasteiger partial charge in [-0.25, -0.2) is 0 Å². The van der Waals surface area contributed by atoms with Crippen LogP contribution in [0.2, 0.25) is 0 Å². The van der Waals surface area contributed by atoms with E-state index in [-0.39, 0.29) is 5.91 Å². The van der Waals surface area contributed by atoms with Crippen LogP contribution in [-0.4, -0.2) is 13.0 Å². The molecule has 100 valence electrons. The fourth-order valence-corrected chi connectivity index (χ4v) is 3.15. The maximum Gasteiger partial charge on any atom is 0.251 e. The van der Waals surface area contributed by atoms with Crippen molar-refractivity contribution in [2.24, 2.45) is 0 Å². The number of rotatable bonds is 5. The summed E-state index contributed by atoms with van der Waals surface area (Å²) in [6.07, 6.45) is 0. The molecule has 0 unspecified atom stereocenters. The first kappa shape index (κ1) is 14.2. The summed E-state index contributed by atoms with van der Waals surface area (Å²) in [5, 5.41) is 8.07. The Morgan fingerprint density at radius 3 is 2.53 bits per heavy atom. The molecule has 0 radical (unpaired) electrons. The highest BCUT2D eigenvalue weighted by atomic mass is 79.9. The Kier molecular flexibility index (Phi) is 5.13. The molecule has 1 aromatic heterocycles. The molecule has 0 aliphatic carbocycles. The monoisotopic (exact) mass is 338 g/mol. The van der Waals surface area contributed by atoms with E-state index in [9.17, 15) is 4.79 Å². The minimum Gasteiger partial charge on any atom is -0.355 e. The Morgan fingerprint density at radius 1 is 1.21 bits per heavy atom. The van der Waals surface area contributed by atoms with Gasteiger partial charge in [0.15, 0.2) is 0 Å². The summed E-state index contributed by atoms with van der Waals surface area (Å²) >= 11 is 5.24. The third kappa shape index (κ3) is 3.89. The summed E-state index contributed by atoms with van der Waals surface area (Å²) in [6, 6.07) is 9.69. The number of benzene rings is 1. The molecule has 0 atom stereocenters. The highest BCUT2D eigenvalue weighted by Crippen LogP contribution is 2.22. The Labute approximate surface area is 125 Å². The molecule has 0 spiro atoms. The first-order chi connectivity index (χ1) is 9.20. The zero-order valence-corrected chi connectivity index (χ0v) is 13.0. The molecule has 1 heterocycles. The average molecular weight is 339 g/mol. The molecule has 0 aliphatic heterocycles. The summed E-state index contributed by atoms with van der Waals surface area (Å²) in [6.45, 7) is 1.63. The number of thiophene rings is 1. The van der Waals surface area contributed by atoms with Crippen molar-refractivity contribution in [1.82, 2.24) is 10.6 Å². The minimum atomic E-state index is -0.0537. The van der Waals surface area contributed by atoms with Crippen LogP contribution >= 0.6 is 27.3 Å². The molecule has 0 fully saturated rings. The molecular formula is C14H15BrN2OS. The Hall–Kier alpha value is -1.17. The van der Waals surface area contributed by atoms with Gasteiger partial charge in [-0.2, -0.15) is 0 Å². The third-order valence-corrected chi connectivity index (χ3v) is 4.68. The van der Waals surface area contributed by atoms with Crippen molar-refractivity contribution < 1.29 is 4.79 Å². The summed E-state index contributed by atoms with van der Waals surface area (Å²) in [7, 11) is 1.64. The standard InChI is InChI=1S/C14H15BrN2OS/c1-16-14(18)11-4-2-10(3-5-11)8-17-9-13-12(15)6-7-19-13/h2-7,17H,8-9H2,1H3,(H,16,18). The van der Waals surface area contributed by atoms with Crippen LogP contribution in [0.1, 0.15) is 20.8 Å². The van der Waals surface area contributed by atoms with Crippen LogP contribution in [0.15, 0.2) is 40.2 Å². The van der Waals surface area contributed by atoms with Gasteiger partial charge in [-0.05, 0) is 45.1 Å². The number of nitrogens with one attached hydrogen (secondary N) is 2. The highest BCUT2D eigenvalue weighted by Gasteiger charge is 2.03. The normalized spacial score (nSPS) is 10.4. The van der Waals surface area contributed by atoms with Gasteiger partial charge in [-0.3, -0.25) is 4.79 Å². The van der Waals surface area contributed by atoms with Gasteiger partial charge in [-0.1, -0.05) is 12.1 Å². The molecule has 0 bridgehead atoms. The minimum absolute atomic E-state index is 0.0537. The smallest absolute Gasteiger partial charge is 0.251 e. The van der Waals surface area contributed by atoms with Gasteiger partial charge in [0.1, 0.15) is 0 Å². The van der Waals surface area contributed by atoms with E-state index in [1.807, 2.05) is 24.3 Å². The summed E-state index contributed by atoms with van der Waals surface area (Å²) in [4.78, 5) is 12.7. The zero-order valence-electron chi connectivity index (χ0n) is 10.6. The maximum absolute atomic E-state index is 11.4. The lowest BCUT2D eigenvalue weighted by Gasteiger charge is -2.05. The second-order valence-corrected chi connectivity index (χ2v) is 5.93. The van der Waals surface area contributed by atoms with E-state index in [2.05, 4.69) is 38.0 Å². The predicted octanol–water partition coefficient (Wildman–Crippen LogP) is 3.16. The van der Waals surface area contributed by atoms with Gasteiger partial charge >= 0.3 is 0 Å². The van der Waals surface area contributed by atoms with Crippen molar-refractivity contribution in [3.8, 4) is 0 Å². The molecule has 19 heavy (non-hydrogen) atoms. The Balaban J connectivity index is 1.86. The van der Waals surface area contributed by atoms with Gasteiger partial charge in [0.05, 0.1) is 0 Å². The van der Waals surface area contributed by atoms with Gasteiger partial charge in [0.2, 0.25) is 0 Å². The number of hydrogen-bond donors (Lipinski definition) is 2. The molecule has 0 aliphatic rings. The fraction of sp³-hybridized carbons (Fsp3) is 0.214. The van der Waals surface area contributed by atoms with Crippen LogP contribution in [-0.2, 0) is 13.1 Å². The summed E-state index contributed by atoms with van der Waals surface area (Å²) in [5.74, 6) is -0.0537. The van der Waals surface area contributed by atoms with Crippen LogP contribution in [0.25, 0.3) is 0 Å². The lowest BCUT2D eigenvalue weighted by molar-refractivity contribution is 0.0963. The lowest BCUT2D eigenvalue weighted by atomic mass is 10.1. The van der Waals surface area contributed by atoms with Crippen molar-refractivity contribution in [2.75, 3.05) is 7.05 Å². The average Bonchev–Trinajstić information content (AvgIpc) is 2.84. The SMILES string of the molecule is CNC(=O)c1ccc(CNCc2sccc2Br)cc1. The topological polar surface area (TPSA) is 41.1 Å². The Morgan fingerprint density at radius 2 is 1.95 bits per heavy atom. The second kappa shape index (κ2) is 6.84. The van der Waals surface area contributed by atoms with Crippen molar-refractivity contribution in [3.63, 3.8) is 0 Å². The van der Waals surface area contributed by atoms with Gasteiger partial charge in [-0.15, -0.1) is 11.3 Å². The number of hydrogen-bond acceptors (Lipinski definition) is 3. The molecule has 1 amide bonds. The molecule has 2 rings (SSSR count). The summed E-state index contributed by atoms with van der Waals surface area (Å²) in [5.41, 5.74) is 1.85. The molecule has 0 saturated carbocycles. The highest BCUT2D eigenvalue weighted by molar-refractivity contribution is 9.10. The van der Waals surface area contributed by atoms with E-state index >= 15 is 0 Å². The fourth-order valence-electron chi connectivity index (χ4n) is 1.69. The molecule has 0 saturated heterocycles. The number of halogens is 1. The molecule has 3 nitrogen and oxygen atoms in total. The van der Waals surface area contributed by atoms with Crippen LogP contribution in [0.5, 0.6) is 0 Å². The molecule has 1 aromatic carbocycles. The number of carbonyl (C=O) groups excluding carboxylic acids is 1. The predicted molar refractivity (Wildman–Crippen MR) is 82.4 cm³/mol. The van der Waals surface area contributed by atoms with Crippen molar-refractivity contribution >= 4 is 33.2 Å². The number of amides is 1. The lowest BCUT2D eigenvalue weighted by Crippen LogP contribution is -2.18. The third-order valence-electron chi connectivity index (χ3n) is 2.75. The van der Waals surface area contributed by atoms with Crippen molar-refractivity contribution in [3.05, 3.63) is 56.2 Å². The largest absolute Gasteiger partial charge is 0.355 e. The molecule has 2 aromatic rings. The second-order valence-electron chi connectivity index (χ2n) is 4.07. The molecule has 2 N–H and O–H groups in total. The van der Waals surface area contributed by atoms with Crippen molar-refractivity contribution in [1.29, 1.82) is 0 Å². The van der Waals surface area contributed by atoms with Crippen LogP contribution < -0.4 is 10.6 Å². The van der Waals surface area contributed by atoms with Gasteiger partial charge in [0.25, 0.3) is 5.91 Å². The quantitative estimate of drug-likeness (QED) is 0.879. The maximum atomic E-state index is 11.4. The first-order valence-electron chi connectivity index (χ1n) is 5.94. The Bertz CT molecular complexity index is 551.